The smallest absolute Gasteiger partial charge is 0.341 e. The molecule has 0 fully saturated rings. The normalized spacial score (nSPS) is 12.4. The minimum absolute atomic E-state index is 0.0383. The monoisotopic (exact) mass is 418 g/mol. The molecule has 0 spiro atoms. The molecule has 5 nitrogen and oxygen atoms in total. The van der Waals surface area contributed by atoms with Crippen LogP contribution in [-0.2, 0) is 9.53 Å². The third kappa shape index (κ3) is 4.59. The van der Waals surface area contributed by atoms with Crippen molar-refractivity contribution in [3.63, 3.8) is 0 Å². The van der Waals surface area contributed by atoms with Crippen LogP contribution in [0.2, 0.25) is 0 Å². The Hall–Kier alpha value is -1.31. The fraction of sp³-hybridized carbons (Fsp3) is 0.500. The lowest BCUT2D eigenvalue weighted by molar-refractivity contribution is -0.143. The van der Waals surface area contributed by atoms with E-state index in [1.807, 2.05) is 27.7 Å². The van der Waals surface area contributed by atoms with Crippen molar-refractivity contribution in [2.24, 2.45) is 0 Å². The predicted molar refractivity (Wildman–Crippen MR) is 95.6 cm³/mol. The van der Waals surface area contributed by atoms with Gasteiger partial charge in [0.1, 0.15) is 0 Å². The third-order valence-electron chi connectivity index (χ3n) is 3.23. The average molecular weight is 418 g/mol. The molecule has 1 atom stereocenters. The van der Waals surface area contributed by atoms with Gasteiger partial charge < -0.3 is 15.4 Å². The summed E-state index contributed by atoms with van der Waals surface area (Å²) in [6, 6.07) is 5.19. The van der Waals surface area contributed by atoms with Crippen molar-refractivity contribution in [1.82, 2.24) is 4.90 Å². The topological polar surface area (TPSA) is 72.6 Å². The van der Waals surface area contributed by atoms with Crippen LogP contribution in [0.3, 0.4) is 0 Å². The number of nitrogen functional groups attached to an aromatic ring is 1. The van der Waals surface area contributed by atoms with Crippen LogP contribution in [0.5, 0.6) is 0 Å². The summed E-state index contributed by atoms with van der Waals surface area (Å²) in [7, 11) is 0. The molecular formula is C16H23IN2O3. The first-order chi connectivity index (χ1) is 10.1. The van der Waals surface area contributed by atoms with Crippen molar-refractivity contribution in [1.29, 1.82) is 0 Å². The van der Waals surface area contributed by atoms with E-state index in [2.05, 4.69) is 22.6 Å². The Balaban J connectivity index is 2.87. The number of carbonyl (C=O) groups is 2. The standard InChI is InChI=1S/C16H23IN2O3/c1-9(2)19(10(3)4)15(20)11(5)22-16(21)13-8-12(17)6-7-14(13)18/h6-11H,18H2,1-5H3/t11-/m1/s1. The van der Waals surface area contributed by atoms with Crippen LogP contribution in [0.25, 0.3) is 0 Å². The largest absolute Gasteiger partial charge is 0.449 e. The highest BCUT2D eigenvalue weighted by Gasteiger charge is 2.28. The van der Waals surface area contributed by atoms with Gasteiger partial charge in [-0.05, 0) is 75.4 Å². The van der Waals surface area contributed by atoms with E-state index < -0.39 is 12.1 Å². The van der Waals surface area contributed by atoms with E-state index in [9.17, 15) is 9.59 Å². The summed E-state index contributed by atoms with van der Waals surface area (Å²) in [6.07, 6.45) is -0.852. The molecule has 0 heterocycles. The lowest BCUT2D eigenvalue weighted by Crippen LogP contribution is -2.47. The van der Waals surface area contributed by atoms with Crippen molar-refractivity contribution < 1.29 is 14.3 Å². The van der Waals surface area contributed by atoms with Crippen LogP contribution >= 0.6 is 22.6 Å². The average Bonchev–Trinajstić information content (AvgIpc) is 2.40. The summed E-state index contributed by atoms with van der Waals surface area (Å²) in [5.41, 5.74) is 6.43. The maximum absolute atomic E-state index is 12.5. The van der Waals surface area contributed by atoms with Gasteiger partial charge in [0.2, 0.25) is 0 Å². The number of amides is 1. The highest BCUT2D eigenvalue weighted by Crippen LogP contribution is 2.18. The van der Waals surface area contributed by atoms with Gasteiger partial charge in [0.15, 0.2) is 6.10 Å². The Morgan fingerprint density at radius 3 is 2.18 bits per heavy atom. The molecule has 1 amide bonds. The summed E-state index contributed by atoms with van der Waals surface area (Å²) in [5.74, 6) is -0.785. The number of carbonyl (C=O) groups excluding carboxylic acids is 2. The summed E-state index contributed by atoms with van der Waals surface area (Å²) < 4.78 is 6.18. The van der Waals surface area contributed by atoms with Gasteiger partial charge in [-0.2, -0.15) is 0 Å². The maximum atomic E-state index is 12.5. The van der Waals surface area contributed by atoms with Crippen LogP contribution in [0.15, 0.2) is 18.2 Å². The quantitative estimate of drug-likeness (QED) is 0.453. The second kappa shape index (κ2) is 7.80. The molecule has 1 rings (SSSR count). The molecule has 6 heteroatoms. The molecule has 0 aromatic heterocycles. The molecule has 2 N–H and O–H groups in total. The number of hydrogen-bond acceptors (Lipinski definition) is 4. The van der Waals surface area contributed by atoms with Gasteiger partial charge in [0, 0.05) is 21.3 Å². The molecule has 0 saturated carbocycles. The number of benzene rings is 1. The molecule has 0 aliphatic heterocycles. The Labute approximate surface area is 145 Å². The van der Waals surface area contributed by atoms with Gasteiger partial charge in [-0.1, -0.05) is 0 Å². The minimum atomic E-state index is -0.852. The molecule has 1 aromatic rings. The highest BCUT2D eigenvalue weighted by molar-refractivity contribution is 14.1. The summed E-state index contributed by atoms with van der Waals surface area (Å²) in [6.45, 7) is 9.32. The number of nitrogens with two attached hydrogens (primary N) is 1. The SMILES string of the molecule is CC(C)N(C(=O)[C@@H](C)OC(=O)c1cc(I)ccc1N)C(C)C. The molecule has 1 aromatic carbocycles. The zero-order valence-electron chi connectivity index (χ0n) is 13.6. The van der Waals surface area contributed by atoms with Crippen molar-refractivity contribution >= 4 is 40.2 Å². The number of hydrogen-bond donors (Lipinski definition) is 1. The fourth-order valence-electron chi connectivity index (χ4n) is 2.29. The molecule has 0 aliphatic carbocycles. The number of ether oxygens (including phenoxy) is 1. The maximum Gasteiger partial charge on any atom is 0.341 e. The van der Waals surface area contributed by atoms with E-state index >= 15 is 0 Å². The van der Waals surface area contributed by atoms with E-state index in [4.69, 9.17) is 10.5 Å². The van der Waals surface area contributed by atoms with Crippen molar-refractivity contribution in [2.75, 3.05) is 5.73 Å². The van der Waals surface area contributed by atoms with E-state index in [-0.39, 0.29) is 23.6 Å². The van der Waals surface area contributed by atoms with Gasteiger partial charge >= 0.3 is 5.97 Å². The molecule has 0 bridgehead atoms. The molecular weight excluding hydrogens is 395 g/mol. The first-order valence-corrected chi connectivity index (χ1v) is 8.31. The van der Waals surface area contributed by atoms with Gasteiger partial charge in [0.05, 0.1) is 5.56 Å². The number of anilines is 1. The lowest BCUT2D eigenvalue weighted by Gasteiger charge is -2.32. The number of nitrogens with zero attached hydrogens (tertiary/aromatic N) is 1. The zero-order valence-corrected chi connectivity index (χ0v) is 15.7. The van der Waals surface area contributed by atoms with E-state index in [0.29, 0.717) is 5.69 Å². The number of esters is 1. The predicted octanol–water partition coefficient (Wildman–Crippen LogP) is 3.06. The van der Waals surface area contributed by atoms with Crippen LogP contribution < -0.4 is 5.73 Å². The molecule has 0 radical (unpaired) electrons. The van der Waals surface area contributed by atoms with Gasteiger partial charge in [-0.25, -0.2) is 4.79 Å². The molecule has 0 unspecified atom stereocenters. The summed E-state index contributed by atoms with van der Waals surface area (Å²) in [4.78, 5) is 26.4. The van der Waals surface area contributed by atoms with Crippen LogP contribution in [0.4, 0.5) is 5.69 Å². The van der Waals surface area contributed by atoms with Crippen LogP contribution in [-0.4, -0.2) is 35.0 Å². The Morgan fingerprint density at radius 1 is 1.14 bits per heavy atom. The molecule has 122 valence electrons. The zero-order chi connectivity index (χ0) is 17.0. The Bertz CT molecular complexity index is 550. The second-order valence-corrected chi connectivity index (χ2v) is 6.96. The second-order valence-electron chi connectivity index (χ2n) is 5.71. The molecule has 0 aliphatic rings. The van der Waals surface area contributed by atoms with E-state index in [0.717, 1.165) is 3.57 Å². The van der Waals surface area contributed by atoms with Crippen molar-refractivity contribution in [2.45, 2.75) is 52.8 Å². The minimum Gasteiger partial charge on any atom is -0.449 e. The van der Waals surface area contributed by atoms with Gasteiger partial charge in [-0.15, -0.1) is 0 Å². The van der Waals surface area contributed by atoms with Crippen molar-refractivity contribution in [3.05, 3.63) is 27.3 Å². The fourth-order valence-corrected chi connectivity index (χ4v) is 2.79. The number of rotatable bonds is 5. The van der Waals surface area contributed by atoms with E-state index in [1.165, 1.54) is 0 Å². The Kier molecular flexibility index (Phi) is 6.65. The van der Waals surface area contributed by atoms with Crippen molar-refractivity contribution in [3.8, 4) is 0 Å². The Morgan fingerprint density at radius 2 is 1.68 bits per heavy atom. The van der Waals surface area contributed by atoms with Gasteiger partial charge in [-0.3, -0.25) is 4.79 Å². The summed E-state index contributed by atoms with van der Waals surface area (Å²) >= 11 is 2.09. The van der Waals surface area contributed by atoms with E-state index in [1.54, 1.807) is 30.0 Å². The first kappa shape index (κ1) is 18.7. The number of halogens is 1. The molecule has 0 saturated heterocycles. The van der Waals surface area contributed by atoms with Crippen LogP contribution in [0, 0.1) is 3.57 Å². The highest BCUT2D eigenvalue weighted by atomic mass is 127. The summed E-state index contributed by atoms with van der Waals surface area (Å²) in [5, 5.41) is 0. The first-order valence-electron chi connectivity index (χ1n) is 7.23. The van der Waals surface area contributed by atoms with Crippen LogP contribution in [0.1, 0.15) is 45.0 Å². The molecule has 22 heavy (non-hydrogen) atoms. The van der Waals surface area contributed by atoms with Gasteiger partial charge in [0.25, 0.3) is 5.91 Å². The third-order valence-corrected chi connectivity index (χ3v) is 3.90. The lowest BCUT2D eigenvalue weighted by atomic mass is 10.1.